The fraction of sp³-hybridized carbons (Fsp3) is 0.548. The van der Waals surface area contributed by atoms with Gasteiger partial charge in [0, 0.05) is 0 Å². The summed E-state index contributed by atoms with van der Waals surface area (Å²) in [6.45, 7) is 6.97. The van der Waals surface area contributed by atoms with Gasteiger partial charge in [0.15, 0.2) is 0 Å². The Bertz CT molecular complexity index is 774. The Morgan fingerprint density at radius 3 is 2.00 bits per heavy atom. The normalized spacial score (nSPS) is 16.5. The molecule has 3 rings (SSSR count). The highest BCUT2D eigenvalue weighted by Gasteiger charge is 2.17. The summed E-state index contributed by atoms with van der Waals surface area (Å²) in [7, 11) is 0. The van der Waals surface area contributed by atoms with E-state index in [-0.39, 0.29) is 0 Å². The first kappa shape index (κ1) is 23.8. The Morgan fingerprint density at radius 2 is 1.42 bits per heavy atom. The molecule has 0 heteroatoms. The van der Waals surface area contributed by atoms with Gasteiger partial charge in [-0.1, -0.05) is 114 Å². The van der Waals surface area contributed by atoms with Crippen LogP contribution in [0.4, 0.5) is 0 Å². The predicted octanol–water partition coefficient (Wildman–Crippen LogP) is 9.88. The minimum absolute atomic E-state index is 0.907. The molecule has 1 aliphatic carbocycles. The van der Waals surface area contributed by atoms with E-state index in [4.69, 9.17) is 0 Å². The average molecular weight is 417 g/mol. The topological polar surface area (TPSA) is 0 Å². The molecular weight excluding hydrogens is 372 g/mol. The van der Waals surface area contributed by atoms with Gasteiger partial charge in [-0.3, -0.25) is 0 Å². The van der Waals surface area contributed by atoms with Crippen LogP contribution in [0.15, 0.2) is 54.6 Å². The molecule has 0 fully saturated rings. The van der Waals surface area contributed by atoms with Crippen LogP contribution in [-0.4, -0.2) is 0 Å². The van der Waals surface area contributed by atoms with E-state index in [1.807, 2.05) is 0 Å². The van der Waals surface area contributed by atoms with Crippen LogP contribution >= 0.6 is 0 Å². The van der Waals surface area contributed by atoms with Gasteiger partial charge in [-0.15, -0.1) is 0 Å². The lowest BCUT2D eigenvalue weighted by atomic mass is 9.82. The number of hydrogen-bond acceptors (Lipinski definition) is 0. The van der Waals surface area contributed by atoms with E-state index >= 15 is 0 Å². The van der Waals surface area contributed by atoms with Crippen molar-refractivity contribution in [1.29, 1.82) is 0 Å². The lowest BCUT2D eigenvalue weighted by Gasteiger charge is -2.24. The fourth-order valence-corrected chi connectivity index (χ4v) is 5.08. The third-order valence-corrected chi connectivity index (χ3v) is 7.52. The van der Waals surface area contributed by atoms with Crippen LogP contribution in [0.25, 0.3) is 16.7 Å². The monoisotopic (exact) mass is 416 g/mol. The molecule has 1 unspecified atom stereocenters. The molecule has 0 saturated heterocycles. The molecule has 31 heavy (non-hydrogen) atoms. The summed E-state index contributed by atoms with van der Waals surface area (Å²) in [5, 5.41) is 0. The number of rotatable bonds is 12. The quantitative estimate of drug-likeness (QED) is 0.302. The first-order valence-electron chi connectivity index (χ1n) is 13.1. The standard InChI is InChI=1S/C31H44/c1-4-7-8-9-10-26-13-17-28(18-14-26)30-21-23-31(24-22-30)29-19-15-27(16-20-29)12-11-25(5-2)6-3/h13-14,17-19,21-25,27H,4-12,15-16,20H2,1-3H3. The molecule has 0 radical (unpaired) electrons. The lowest BCUT2D eigenvalue weighted by molar-refractivity contribution is 0.361. The number of aryl methyl sites for hydroxylation is 1. The molecule has 0 heterocycles. The number of unbranched alkanes of at least 4 members (excludes halogenated alkanes) is 3. The van der Waals surface area contributed by atoms with Crippen molar-refractivity contribution in [2.45, 2.75) is 97.8 Å². The van der Waals surface area contributed by atoms with E-state index in [0.29, 0.717) is 0 Å². The van der Waals surface area contributed by atoms with Gasteiger partial charge in [-0.2, -0.15) is 0 Å². The molecule has 2 aromatic rings. The summed E-state index contributed by atoms with van der Waals surface area (Å²) in [6.07, 6.45) is 18.5. The maximum Gasteiger partial charge on any atom is -0.0184 e. The zero-order valence-electron chi connectivity index (χ0n) is 20.3. The molecule has 0 N–H and O–H groups in total. The Balaban J connectivity index is 1.52. The van der Waals surface area contributed by atoms with E-state index in [0.717, 1.165) is 11.8 Å². The highest BCUT2D eigenvalue weighted by Crippen LogP contribution is 2.34. The Hall–Kier alpha value is -1.82. The minimum atomic E-state index is 0.907. The van der Waals surface area contributed by atoms with Gasteiger partial charge in [0.2, 0.25) is 0 Å². The molecule has 0 saturated carbocycles. The van der Waals surface area contributed by atoms with Gasteiger partial charge in [-0.05, 0) is 78.2 Å². The van der Waals surface area contributed by atoms with Crippen molar-refractivity contribution in [2.24, 2.45) is 11.8 Å². The van der Waals surface area contributed by atoms with Crippen LogP contribution in [0.5, 0.6) is 0 Å². The van der Waals surface area contributed by atoms with Gasteiger partial charge in [0.05, 0.1) is 0 Å². The lowest BCUT2D eigenvalue weighted by Crippen LogP contribution is -2.08. The molecule has 0 nitrogen and oxygen atoms in total. The van der Waals surface area contributed by atoms with Crippen molar-refractivity contribution in [1.82, 2.24) is 0 Å². The van der Waals surface area contributed by atoms with Crippen LogP contribution in [0, 0.1) is 11.8 Å². The average Bonchev–Trinajstić information content (AvgIpc) is 2.83. The molecule has 0 spiro atoms. The number of hydrogen-bond donors (Lipinski definition) is 0. The second-order valence-electron chi connectivity index (χ2n) is 9.71. The third-order valence-electron chi connectivity index (χ3n) is 7.52. The van der Waals surface area contributed by atoms with Gasteiger partial charge in [0.1, 0.15) is 0 Å². The van der Waals surface area contributed by atoms with E-state index < -0.39 is 0 Å². The molecule has 1 aliphatic rings. The SMILES string of the molecule is CCCCCCc1ccc(-c2ccc(C3=CCC(CCC(CC)CC)CC3)cc2)cc1. The van der Waals surface area contributed by atoms with E-state index in [1.165, 1.54) is 99.3 Å². The van der Waals surface area contributed by atoms with Crippen molar-refractivity contribution in [3.05, 3.63) is 65.7 Å². The van der Waals surface area contributed by atoms with Crippen LogP contribution in [0.1, 0.15) is 103 Å². The molecule has 0 bridgehead atoms. The fourth-order valence-electron chi connectivity index (χ4n) is 5.08. The van der Waals surface area contributed by atoms with Gasteiger partial charge in [-0.25, -0.2) is 0 Å². The van der Waals surface area contributed by atoms with Gasteiger partial charge < -0.3 is 0 Å². The molecule has 168 valence electrons. The summed E-state index contributed by atoms with van der Waals surface area (Å²) in [5.41, 5.74) is 7.13. The minimum Gasteiger partial charge on any atom is -0.0804 e. The summed E-state index contributed by atoms with van der Waals surface area (Å²) in [6, 6.07) is 18.5. The van der Waals surface area contributed by atoms with Gasteiger partial charge in [0.25, 0.3) is 0 Å². The summed E-state index contributed by atoms with van der Waals surface area (Å²) in [4.78, 5) is 0. The van der Waals surface area contributed by atoms with Crippen LogP contribution in [-0.2, 0) is 6.42 Å². The van der Waals surface area contributed by atoms with Crippen LogP contribution in [0.3, 0.4) is 0 Å². The largest absolute Gasteiger partial charge is 0.0804 e. The Kier molecular flexibility index (Phi) is 9.91. The van der Waals surface area contributed by atoms with Crippen molar-refractivity contribution in [3.63, 3.8) is 0 Å². The Labute approximate surface area is 192 Å². The van der Waals surface area contributed by atoms with Gasteiger partial charge >= 0.3 is 0 Å². The molecule has 0 amide bonds. The van der Waals surface area contributed by atoms with E-state index in [2.05, 4.69) is 75.4 Å². The number of allylic oxidation sites excluding steroid dienone is 2. The zero-order valence-corrected chi connectivity index (χ0v) is 20.3. The van der Waals surface area contributed by atoms with E-state index in [9.17, 15) is 0 Å². The molecule has 1 atom stereocenters. The maximum absolute atomic E-state index is 2.53. The molecule has 0 aliphatic heterocycles. The molecule has 0 aromatic heterocycles. The molecular formula is C31H44. The van der Waals surface area contributed by atoms with Crippen LogP contribution in [0.2, 0.25) is 0 Å². The highest BCUT2D eigenvalue weighted by molar-refractivity contribution is 5.71. The summed E-state index contributed by atoms with van der Waals surface area (Å²) < 4.78 is 0. The van der Waals surface area contributed by atoms with Crippen molar-refractivity contribution >= 4 is 5.57 Å². The number of benzene rings is 2. The first-order chi connectivity index (χ1) is 15.2. The molecule has 2 aromatic carbocycles. The second kappa shape index (κ2) is 12.9. The second-order valence-corrected chi connectivity index (χ2v) is 9.71. The van der Waals surface area contributed by atoms with Crippen molar-refractivity contribution in [3.8, 4) is 11.1 Å². The highest BCUT2D eigenvalue weighted by atomic mass is 14.2. The van der Waals surface area contributed by atoms with E-state index in [1.54, 1.807) is 5.57 Å². The third kappa shape index (κ3) is 7.37. The Morgan fingerprint density at radius 1 is 0.774 bits per heavy atom. The maximum atomic E-state index is 2.53. The predicted molar refractivity (Wildman–Crippen MR) is 138 cm³/mol. The van der Waals surface area contributed by atoms with Crippen molar-refractivity contribution in [2.75, 3.05) is 0 Å². The van der Waals surface area contributed by atoms with Crippen LogP contribution < -0.4 is 0 Å². The first-order valence-corrected chi connectivity index (χ1v) is 13.1. The summed E-state index contributed by atoms with van der Waals surface area (Å²) in [5.74, 6) is 1.84. The smallest absolute Gasteiger partial charge is 0.0184 e. The zero-order chi connectivity index (χ0) is 21.9. The van der Waals surface area contributed by atoms with Crippen molar-refractivity contribution < 1.29 is 0 Å². The summed E-state index contributed by atoms with van der Waals surface area (Å²) >= 11 is 0.